The molecule has 0 amide bonds. The summed E-state index contributed by atoms with van der Waals surface area (Å²) in [6, 6.07) is 5.12. The summed E-state index contributed by atoms with van der Waals surface area (Å²) in [6.07, 6.45) is -0.693. The lowest BCUT2D eigenvalue weighted by molar-refractivity contribution is -0.0877. The van der Waals surface area contributed by atoms with Gasteiger partial charge < -0.3 is 9.72 Å². The lowest BCUT2D eigenvalue weighted by Crippen LogP contribution is -2.13. The Hall–Kier alpha value is -2.50. The number of alkyl halides is 3. The highest BCUT2D eigenvalue weighted by Gasteiger charge is 2.35. The van der Waals surface area contributed by atoms with Crippen LogP contribution in [0.15, 0.2) is 48.6 Å². The molecule has 23 heavy (non-hydrogen) atoms. The van der Waals surface area contributed by atoms with Gasteiger partial charge in [0.05, 0.1) is 23.7 Å². The van der Waals surface area contributed by atoms with Crippen LogP contribution in [0.4, 0.5) is 13.2 Å². The van der Waals surface area contributed by atoms with Gasteiger partial charge in [-0.3, -0.25) is 0 Å². The highest BCUT2D eigenvalue weighted by molar-refractivity contribution is 5.81. The molecule has 0 fully saturated rings. The van der Waals surface area contributed by atoms with Gasteiger partial charge >= 0.3 is 6.18 Å². The third-order valence-corrected chi connectivity index (χ3v) is 3.36. The lowest BCUT2D eigenvalue weighted by Gasteiger charge is -2.12. The molecular weight excluding hydrogens is 305 g/mol. The van der Waals surface area contributed by atoms with Crippen molar-refractivity contribution in [2.75, 3.05) is 7.11 Å². The van der Waals surface area contributed by atoms with Gasteiger partial charge in [0.1, 0.15) is 11.6 Å². The largest absolute Gasteiger partial charge is 0.497 e. The molecule has 3 nitrogen and oxygen atoms in total. The Morgan fingerprint density at radius 1 is 1.39 bits per heavy atom. The third kappa shape index (κ3) is 3.64. The Labute approximate surface area is 132 Å². The van der Waals surface area contributed by atoms with Crippen LogP contribution in [0.2, 0.25) is 0 Å². The fourth-order valence-corrected chi connectivity index (χ4v) is 2.27. The SMILES string of the molecule is C=C/C=C\C(=C(/CC)c1nc2ccc(OC)cc2[nH]1)C(F)(F)F. The van der Waals surface area contributed by atoms with Gasteiger partial charge in [0, 0.05) is 11.6 Å². The second kappa shape index (κ2) is 6.73. The summed E-state index contributed by atoms with van der Waals surface area (Å²) in [6.45, 7) is 5.08. The van der Waals surface area contributed by atoms with Crippen molar-refractivity contribution in [3.63, 3.8) is 0 Å². The highest BCUT2D eigenvalue weighted by atomic mass is 19.4. The Bertz CT molecular complexity index is 770. The second-order valence-corrected chi connectivity index (χ2v) is 4.81. The molecule has 0 radical (unpaired) electrons. The van der Waals surface area contributed by atoms with E-state index < -0.39 is 11.7 Å². The van der Waals surface area contributed by atoms with Crippen LogP contribution in [-0.4, -0.2) is 23.3 Å². The Morgan fingerprint density at radius 3 is 2.70 bits per heavy atom. The van der Waals surface area contributed by atoms with Crippen molar-refractivity contribution in [1.29, 1.82) is 0 Å². The van der Waals surface area contributed by atoms with E-state index in [9.17, 15) is 13.2 Å². The molecule has 0 unspecified atom stereocenters. The number of aromatic amines is 1. The number of halogens is 3. The number of hydrogen-bond donors (Lipinski definition) is 1. The van der Waals surface area contributed by atoms with Gasteiger partial charge in [-0.25, -0.2) is 4.98 Å². The van der Waals surface area contributed by atoms with E-state index in [-0.39, 0.29) is 17.8 Å². The summed E-state index contributed by atoms with van der Waals surface area (Å²) in [4.78, 5) is 7.21. The minimum atomic E-state index is -4.47. The summed E-state index contributed by atoms with van der Waals surface area (Å²) in [5, 5.41) is 0. The number of fused-ring (bicyclic) bond motifs is 1. The van der Waals surface area contributed by atoms with Gasteiger partial charge in [0.25, 0.3) is 0 Å². The normalized spacial score (nSPS) is 13.4. The number of imidazole rings is 1. The van der Waals surface area contributed by atoms with Crippen molar-refractivity contribution in [3.05, 3.63) is 54.4 Å². The van der Waals surface area contributed by atoms with Crippen LogP contribution in [0.1, 0.15) is 19.2 Å². The molecule has 1 aromatic heterocycles. The third-order valence-electron chi connectivity index (χ3n) is 3.36. The number of aromatic nitrogens is 2. The zero-order valence-corrected chi connectivity index (χ0v) is 12.9. The minimum absolute atomic E-state index is 0.103. The maximum Gasteiger partial charge on any atom is 0.416 e. The maximum atomic E-state index is 13.3. The minimum Gasteiger partial charge on any atom is -0.497 e. The van der Waals surface area contributed by atoms with E-state index in [4.69, 9.17) is 4.74 Å². The number of H-pyrrole nitrogens is 1. The van der Waals surface area contributed by atoms with Crippen molar-refractivity contribution in [3.8, 4) is 5.75 Å². The lowest BCUT2D eigenvalue weighted by atomic mass is 10.0. The summed E-state index contributed by atoms with van der Waals surface area (Å²) in [7, 11) is 1.53. The fourth-order valence-electron chi connectivity index (χ4n) is 2.27. The molecule has 0 saturated heterocycles. The van der Waals surface area contributed by atoms with Gasteiger partial charge in [-0.2, -0.15) is 13.2 Å². The van der Waals surface area contributed by atoms with E-state index >= 15 is 0 Å². The van der Waals surface area contributed by atoms with E-state index in [1.165, 1.54) is 19.3 Å². The Balaban J connectivity index is 2.64. The number of nitrogens with one attached hydrogen (secondary N) is 1. The Kier molecular flexibility index (Phi) is 4.93. The van der Waals surface area contributed by atoms with E-state index in [1.54, 1.807) is 25.1 Å². The van der Waals surface area contributed by atoms with Crippen LogP contribution in [0.25, 0.3) is 16.6 Å². The average molecular weight is 322 g/mol. The molecular formula is C17H17F3N2O. The molecule has 0 aliphatic carbocycles. The number of ether oxygens (including phenoxy) is 1. The molecule has 6 heteroatoms. The molecule has 0 aliphatic rings. The average Bonchev–Trinajstić information content (AvgIpc) is 2.92. The second-order valence-electron chi connectivity index (χ2n) is 4.81. The molecule has 122 valence electrons. The predicted octanol–water partition coefficient (Wildman–Crippen LogP) is 5.04. The first-order valence-electron chi connectivity index (χ1n) is 7.04. The van der Waals surface area contributed by atoms with Crippen LogP contribution in [-0.2, 0) is 0 Å². The number of allylic oxidation sites excluding steroid dienone is 5. The molecule has 1 N–H and O–H groups in total. The van der Waals surface area contributed by atoms with E-state index in [2.05, 4.69) is 16.5 Å². The van der Waals surface area contributed by atoms with Gasteiger partial charge in [0.2, 0.25) is 0 Å². The number of nitrogens with zero attached hydrogens (tertiary/aromatic N) is 1. The smallest absolute Gasteiger partial charge is 0.416 e. The zero-order chi connectivity index (χ0) is 17.0. The molecule has 2 aromatic rings. The molecule has 0 atom stereocenters. The molecule has 0 aliphatic heterocycles. The molecule has 1 aromatic carbocycles. The topological polar surface area (TPSA) is 37.9 Å². The quantitative estimate of drug-likeness (QED) is 0.783. The first kappa shape index (κ1) is 16.9. The number of hydrogen-bond acceptors (Lipinski definition) is 2. The first-order valence-corrected chi connectivity index (χ1v) is 7.04. The number of benzene rings is 1. The highest BCUT2D eigenvalue weighted by Crippen LogP contribution is 2.35. The molecule has 0 bridgehead atoms. The van der Waals surface area contributed by atoms with Crippen LogP contribution < -0.4 is 4.74 Å². The van der Waals surface area contributed by atoms with E-state index in [0.717, 1.165) is 6.08 Å². The van der Waals surface area contributed by atoms with E-state index in [1.807, 2.05) is 0 Å². The summed E-state index contributed by atoms with van der Waals surface area (Å²) in [5.41, 5.74) is 0.581. The molecule has 0 saturated carbocycles. The van der Waals surface area contributed by atoms with Gasteiger partial charge in [-0.1, -0.05) is 25.7 Å². The van der Waals surface area contributed by atoms with E-state index in [0.29, 0.717) is 16.8 Å². The number of methoxy groups -OCH3 is 1. The zero-order valence-electron chi connectivity index (χ0n) is 12.9. The molecule has 2 rings (SSSR count). The maximum absolute atomic E-state index is 13.3. The summed E-state index contributed by atoms with van der Waals surface area (Å²) < 4.78 is 45.1. The standard InChI is InChI=1S/C17H17F3N2O/c1-4-6-7-13(17(18,19)20)12(5-2)16-21-14-9-8-11(23-3)10-15(14)22-16/h4,6-10H,1,5H2,2-3H3,(H,21,22)/b7-6-,13-12-. The number of rotatable bonds is 5. The van der Waals surface area contributed by atoms with Crippen LogP contribution in [0.5, 0.6) is 5.75 Å². The molecule has 1 heterocycles. The van der Waals surface area contributed by atoms with Gasteiger partial charge in [-0.05, 0) is 24.6 Å². The predicted molar refractivity (Wildman–Crippen MR) is 85.2 cm³/mol. The van der Waals surface area contributed by atoms with Crippen molar-refractivity contribution >= 4 is 16.6 Å². The Morgan fingerprint density at radius 2 is 2.13 bits per heavy atom. The summed E-state index contributed by atoms with van der Waals surface area (Å²) in [5.74, 6) is 0.814. The van der Waals surface area contributed by atoms with Crippen molar-refractivity contribution in [2.24, 2.45) is 0 Å². The van der Waals surface area contributed by atoms with Gasteiger partial charge in [-0.15, -0.1) is 0 Å². The first-order chi connectivity index (χ1) is 10.9. The van der Waals surface area contributed by atoms with Crippen LogP contribution >= 0.6 is 0 Å². The van der Waals surface area contributed by atoms with Crippen molar-refractivity contribution in [2.45, 2.75) is 19.5 Å². The van der Waals surface area contributed by atoms with Gasteiger partial charge in [0.15, 0.2) is 0 Å². The summed E-state index contributed by atoms with van der Waals surface area (Å²) >= 11 is 0. The molecule has 0 spiro atoms. The monoisotopic (exact) mass is 322 g/mol. The van der Waals surface area contributed by atoms with Crippen LogP contribution in [0, 0.1) is 0 Å². The van der Waals surface area contributed by atoms with Crippen molar-refractivity contribution < 1.29 is 17.9 Å². The van der Waals surface area contributed by atoms with Crippen molar-refractivity contribution in [1.82, 2.24) is 9.97 Å². The van der Waals surface area contributed by atoms with Crippen LogP contribution in [0.3, 0.4) is 0 Å². The fraction of sp³-hybridized carbons (Fsp3) is 0.235.